The van der Waals surface area contributed by atoms with Gasteiger partial charge in [-0.05, 0) is 67.7 Å². The molecular formula is C18H26N2OS. The molecule has 2 bridgehead atoms. The maximum absolute atomic E-state index is 12.8. The fourth-order valence-electron chi connectivity index (χ4n) is 4.59. The van der Waals surface area contributed by atoms with Gasteiger partial charge in [0.1, 0.15) is 0 Å². The van der Waals surface area contributed by atoms with E-state index >= 15 is 0 Å². The molecule has 3 unspecified atom stereocenters. The van der Waals surface area contributed by atoms with Gasteiger partial charge in [-0.25, -0.2) is 0 Å². The van der Waals surface area contributed by atoms with Crippen molar-refractivity contribution in [2.45, 2.75) is 57.0 Å². The third-order valence-corrected chi connectivity index (χ3v) is 6.98. The number of hydrogen-bond donors (Lipinski definition) is 2. The second-order valence-corrected chi connectivity index (χ2v) is 8.52. The minimum absolute atomic E-state index is 0.191. The van der Waals surface area contributed by atoms with Gasteiger partial charge in [0.15, 0.2) is 0 Å². The Labute approximate surface area is 136 Å². The molecule has 3 N–H and O–H groups in total. The molecule has 0 saturated heterocycles. The van der Waals surface area contributed by atoms with Crippen LogP contribution in [0.4, 0.5) is 0 Å². The Morgan fingerprint density at radius 3 is 2.55 bits per heavy atom. The lowest BCUT2D eigenvalue weighted by Crippen LogP contribution is -2.49. The van der Waals surface area contributed by atoms with Crippen molar-refractivity contribution in [3.05, 3.63) is 22.4 Å². The molecule has 4 rings (SSSR count). The van der Waals surface area contributed by atoms with Crippen LogP contribution in [-0.2, 0) is 4.79 Å². The third-order valence-electron chi connectivity index (χ3n) is 6.02. The molecule has 1 aromatic heterocycles. The quantitative estimate of drug-likeness (QED) is 0.893. The van der Waals surface area contributed by atoms with E-state index in [9.17, 15) is 4.79 Å². The summed E-state index contributed by atoms with van der Waals surface area (Å²) in [4.78, 5) is 14.1. The van der Waals surface area contributed by atoms with E-state index in [4.69, 9.17) is 5.73 Å². The van der Waals surface area contributed by atoms with Crippen LogP contribution in [0, 0.1) is 23.7 Å². The first kappa shape index (κ1) is 14.7. The molecule has 0 spiro atoms. The van der Waals surface area contributed by atoms with E-state index in [1.54, 1.807) is 11.3 Å². The minimum Gasteiger partial charge on any atom is -0.348 e. The second-order valence-electron chi connectivity index (χ2n) is 7.54. The van der Waals surface area contributed by atoms with Crippen LogP contribution in [-0.4, -0.2) is 11.9 Å². The zero-order chi connectivity index (χ0) is 15.1. The van der Waals surface area contributed by atoms with E-state index in [-0.39, 0.29) is 17.9 Å². The Morgan fingerprint density at radius 2 is 1.95 bits per heavy atom. The van der Waals surface area contributed by atoms with Crippen molar-refractivity contribution in [3.63, 3.8) is 0 Å². The summed E-state index contributed by atoms with van der Waals surface area (Å²) in [5, 5.41) is 5.50. The first-order valence-electron chi connectivity index (χ1n) is 8.81. The molecule has 1 amide bonds. The minimum atomic E-state index is 0.191. The van der Waals surface area contributed by atoms with Crippen LogP contribution >= 0.6 is 11.3 Å². The van der Waals surface area contributed by atoms with Crippen molar-refractivity contribution < 1.29 is 4.79 Å². The summed E-state index contributed by atoms with van der Waals surface area (Å²) in [6, 6.07) is 4.85. The second kappa shape index (κ2) is 5.97. The summed E-state index contributed by atoms with van der Waals surface area (Å²) in [7, 11) is 0. The van der Waals surface area contributed by atoms with E-state index in [1.165, 1.54) is 37.0 Å². The van der Waals surface area contributed by atoms with E-state index in [0.29, 0.717) is 23.8 Å². The fourth-order valence-corrected chi connectivity index (χ4v) is 5.46. The average Bonchev–Trinajstić information content (AvgIpc) is 3.18. The zero-order valence-corrected chi connectivity index (χ0v) is 13.9. The number of hydrogen-bond acceptors (Lipinski definition) is 3. The van der Waals surface area contributed by atoms with E-state index < -0.39 is 0 Å². The molecule has 3 atom stereocenters. The lowest BCUT2D eigenvalue weighted by Gasteiger charge is -2.43. The normalized spacial score (nSPS) is 35.9. The van der Waals surface area contributed by atoms with Crippen molar-refractivity contribution in [2.24, 2.45) is 29.4 Å². The predicted octanol–water partition coefficient (Wildman–Crippen LogP) is 3.47. The molecule has 22 heavy (non-hydrogen) atoms. The van der Waals surface area contributed by atoms with Crippen molar-refractivity contribution in [1.29, 1.82) is 0 Å². The molecule has 4 heteroatoms. The predicted molar refractivity (Wildman–Crippen MR) is 89.5 cm³/mol. The largest absolute Gasteiger partial charge is 0.348 e. The van der Waals surface area contributed by atoms with Crippen molar-refractivity contribution in [3.8, 4) is 0 Å². The van der Waals surface area contributed by atoms with Gasteiger partial charge in [0.05, 0.1) is 6.04 Å². The highest BCUT2D eigenvalue weighted by molar-refractivity contribution is 7.10. The Hall–Kier alpha value is -0.870. The van der Waals surface area contributed by atoms with Gasteiger partial charge < -0.3 is 11.1 Å². The van der Waals surface area contributed by atoms with Crippen LogP contribution in [0.1, 0.15) is 55.9 Å². The molecule has 0 radical (unpaired) electrons. The van der Waals surface area contributed by atoms with Crippen molar-refractivity contribution in [2.75, 3.05) is 0 Å². The van der Waals surface area contributed by atoms with Gasteiger partial charge in [0, 0.05) is 16.8 Å². The Kier molecular flexibility index (Phi) is 3.99. The maximum atomic E-state index is 12.8. The van der Waals surface area contributed by atoms with Crippen LogP contribution in [0.5, 0.6) is 0 Å². The fraction of sp³-hybridized carbons (Fsp3) is 0.722. The monoisotopic (exact) mass is 318 g/mol. The summed E-state index contributed by atoms with van der Waals surface area (Å²) in [6.07, 6.45) is 8.26. The number of rotatable bonds is 4. The van der Waals surface area contributed by atoms with E-state index in [0.717, 1.165) is 12.8 Å². The van der Waals surface area contributed by atoms with E-state index in [1.807, 2.05) is 0 Å². The van der Waals surface area contributed by atoms with Gasteiger partial charge in [-0.3, -0.25) is 4.79 Å². The van der Waals surface area contributed by atoms with Crippen LogP contribution in [0.3, 0.4) is 0 Å². The number of thiophene rings is 1. The molecule has 3 nitrogen and oxygen atoms in total. The van der Waals surface area contributed by atoms with E-state index in [2.05, 4.69) is 22.8 Å². The number of nitrogens with two attached hydrogens (primary N) is 1. The number of carbonyl (C=O) groups is 1. The smallest absolute Gasteiger partial charge is 0.223 e. The van der Waals surface area contributed by atoms with Crippen LogP contribution in [0.15, 0.2) is 17.5 Å². The summed E-state index contributed by atoms with van der Waals surface area (Å²) in [6.45, 7) is 0. The Morgan fingerprint density at radius 1 is 1.23 bits per heavy atom. The molecule has 1 heterocycles. The Bertz CT molecular complexity index is 511. The van der Waals surface area contributed by atoms with Crippen molar-refractivity contribution >= 4 is 17.2 Å². The molecule has 0 aromatic carbocycles. The third kappa shape index (κ3) is 2.83. The topological polar surface area (TPSA) is 55.1 Å². The molecule has 120 valence electrons. The first-order valence-corrected chi connectivity index (χ1v) is 9.69. The van der Waals surface area contributed by atoms with Gasteiger partial charge in [-0.1, -0.05) is 12.5 Å². The standard InChI is InChI=1S/C18H26N2OS/c19-16-12-3-1-4-13(16)10-14(9-12)18(21)20-17(11-6-7-11)15-5-2-8-22-15/h2,5,8,11-14,16-17H,1,3-4,6-7,9-10,19H2,(H,20,21). The van der Waals surface area contributed by atoms with Gasteiger partial charge in [0.2, 0.25) is 5.91 Å². The van der Waals surface area contributed by atoms with Crippen LogP contribution in [0.2, 0.25) is 0 Å². The summed E-state index contributed by atoms with van der Waals surface area (Å²) < 4.78 is 0. The number of carbonyl (C=O) groups excluding carboxylic acids is 1. The Balaban J connectivity index is 1.43. The summed E-state index contributed by atoms with van der Waals surface area (Å²) >= 11 is 1.77. The summed E-state index contributed by atoms with van der Waals surface area (Å²) in [5.41, 5.74) is 6.35. The highest BCUT2D eigenvalue weighted by Gasteiger charge is 2.42. The van der Waals surface area contributed by atoms with Crippen LogP contribution in [0.25, 0.3) is 0 Å². The molecule has 3 aliphatic carbocycles. The molecule has 3 fully saturated rings. The van der Waals surface area contributed by atoms with Gasteiger partial charge in [-0.15, -0.1) is 11.3 Å². The SMILES string of the molecule is NC1C2CCCC1CC(C(=O)NC(c1cccs1)C1CC1)C2. The zero-order valence-electron chi connectivity index (χ0n) is 13.0. The first-order chi connectivity index (χ1) is 10.7. The molecule has 3 saturated carbocycles. The highest BCUT2D eigenvalue weighted by atomic mass is 32.1. The molecule has 1 aromatic rings. The lowest BCUT2D eigenvalue weighted by molar-refractivity contribution is -0.128. The average molecular weight is 318 g/mol. The molecular weight excluding hydrogens is 292 g/mol. The number of amides is 1. The van der Waals surface area contributed by atoms with Gasteiger partial charge in [-0.2, -0.15) is 0 Å². The molecule has 0 aliphatic heterocycles. The van der Waals surface area contributed by atoms with Crippen LogP contribution < -0.4 is 11.1 Å². The lowest BCUT2D eigenvalue weighted by atomic mass is 9.65. The van der Waals surface area contributed by atoms with Crippen molar-refractivity contribution in [1.82, 2.24) is 5.32 Å². The number of fused-ring (bicyclic) bond motifs is 2. The number of nitrogens with one attached hydrogen (secondary N) is 1. The summed E-state index contributed by atoms with van der Waals surface area (Å²) in [5.74, 6) is 2.28. The van der Waals surface area contributed by atoms with Gasteiger partial charge >= 0.3 is 0 Å². The molecule has 3 aliphatic rings. The van der Waals surface area contributed by atoms with Gasteiger partial charge in [0.25, 0.3) is 0 Å². The highest BCUT2D eigenvalue weighted by Crippen LogP contribution is 2.44. The maximum Gasteiger partial charge on any atom is 0.223 e.